The first-order chi connectivity index (χ1) is 12.1. The third-order valence-electron chi connectivity index (χ3n) is 3.52. The van der Waals surface area contributed by atoms with Crippen molar-refractivity contribution in [3.63, 3.8) is 0 Å². The van der Waals surface area contributed by atoms with Crippen LogP contribution in [0.5, 0.6) is 5.75 Å². The molecule has 2 aromatic carbocycles. The van der Waals surface area contributed by atoms with E-state index in [2.05, 4.69) is 10.3 Å². The first-order valence-electron chi connectivity index (χ1n) is 7.47. The van der Waals surface area contributed by atoms with Gasteiger partial charge in [-0.3, -0.25) is 4.79 Å². The summed E-state index contributed by atoms with van der Waals surface area (Å²) < 4.78 is 7.16. The van der Waals surface area contributed by atoms with Gasteiger partial charge >= 0.3 is 0 Å². The number of imidazole rings is 1. The normalized spacial score (nSPS) is 10.5. The average molecular weight is 374 g/mol. The summed E-state index contributed by atoms with van der Waals surface area (Å²) in [6, 6.07) is 12.4. The predicted octanol–water partition coefficient (Wildman–Crippen LogP) is 4.49. The molecule has 1 heterocycles. The standard InChI is InChI=1S/C18H16ClN3O2S/c1-22-10-9-20-18(22)25-16-8-7-12(19)11-14(16)21-17(23)13-5-3-4-6-15(13)24-2/h3-11H,1-2H3,(H,21,23). The Morgan fingerprint density at radius 3 is 2.80 bits per heavy atom. The molecular weight excluding hydrogens is 358 g/mol. The predicted molar refractivity (Wildman–Crippen MR) is 99.7 cm³/mol. The number of rotatable bonds is 5. The summed E-state index contributed by atoms with van der Waals surface area (Å²) in [5, 5.41) is 4.27. The molecule has 3 rings (SSSR count). The smallest absolute Gasteiger partial charge is 0.259 e. The number of ether oxygens (including phenoxy) is 1. The van der Waals surface area contributed by atoms with Gasteiger partial charge < -0.3 is 14.6 Å². The molecule has 0 saturated heterocycles. The molecule has 0 spiro atoms. The maximum absolute atomic E-state index is 12.7. The Morgan fingerprint density at radius 1 is 1.28 bits per heavy atom. The summed E-state index contributed by atoms with van der Waals surface area (Å²) in [6.45, 7) is 0. The van der Waals surface area contributed by atoms with Crippen molar-refractivity contribution >= 4 is 35.0 Å². The van der Waals surface area contributed by atoms with Gasteiger partial charge in [0.15, 0.2) is 5.16 Å². The molecule has 1 aromatic heterocycles. The Bertz CT molecular complexity index is 911. The number of nitrogens with one attached hydrogen (secondary N) is 1. The molecule has 3 aromatic rings. The highest BCUT2D eigenvalue weighted by molar-refractivity contribution is 7.99. The van der Waals surface area contributed by atoms with Gasteiger partial charge in [-0.25, -0.2) is 4.98 Å². The van der Waals surface area contributed by atoms with Gasteiger partial charge in [-0.15, -0.1) is 0 Å². The number of methoxy groups -OCH3 is 1. The molecule has 0 atom stereocenters. The molecule has 0 saturated carbocycles. The largest absolute Gasteiger partial charge is 0.496 e. The summed E-state index contributed by atoms with van der Waals surface area (Å²) in [6.07, 6.45) is 3.59. The van der Waals surface area contributed by atoms with E-state index >= 15 is 0 Å². The zero-order valence-corrected chi connectivity index (χ0v) is 15.3. The fourth-order valence-corrected chi connectivity index (χ4v) is 3.30. The fourth-order valence-electron chi connectivity index (χ4n) is 2.26. The van der Waals surface area contributed by atoms with Crippen molar-refractivity contribution in [1.29, 1.82) is 0 Å². The monoisotopic (exact) mass is 373 g/mol. The van der Waals surface area contributed by atoms with Gasteiger partial charge in [0.25, 0.3) is 5.91 Å². The molecule has 25 heavy (non-hydrogen) atoms. The van der Waals surface area contributed by atoms with Crippen molar-refractivity contribution in [3.8, 4) is 5.75 Å². The van der Waals surface area contributed by atoms with Crippen LogP contribution in [0, 0.1) is 0 Å². The lowest BCUT2D eigenvalue weighted by Gasteiger charge is -2.13. The minimum Gasteiger partial charge on any atom is -0.496 e. The molecular formula is C18H16ClN3O2S. The molecule has 0 unspecified atom stereocenters. The molecule has 1 N–H and O–H groups in total. The van der Waals surface area contributed by atoms with E-state index in [1.807, 2.05) is 29.9 Å². The van der Waals surface area contributed by atoms with Crippen LogP contribution in [0.25, 0.3) is 0 Å². The van der Waals surface area contributed by atoms with E-state index < -0.39 is 0 Å². The van der Waals surface area contributed by atoms with Crippen molar-refractivity contribution in [3.05, 3.63) is 65.4 Å². The van der Waals surface area contributed by atoms with Crippen LogP contribution in [0.2, 0.25) is 5.02 Å². The van der Waals surface area contributed by atoms with Gasteiger partial charge in [0.2, 0.25) is 0 Å². The number of hydrogen-bond acceptors (Lipinski definition) is 4. The number of nitrogens with zero attached hydrogens (tertiary/aromatic N) is 2. The first kappa shape index (κ1) is 17.4. The number of carbonyl (C=O) groups excluding carboxylic acids is 1. The van der Waals surface area contributed by atoms with Crippen LogP contribution in [-0.2, 0) is 7.05 Å². The SMILES string of the molecule is COc1ccccc1C(=O)Nc1cc(Cl)ccc1Sc1nccn1C. The van der Waals surface area contributed by atoms with E-state index in [1.165, 1.54) is 18.9 Å². The lowest BCUT2D eigenvalue weighted by molar-refractivity contribution is 0.102. The van der Waals surface area contributed by atoms with Crippen LogP contribution < -0.4 is 10.1 Å². The van der Waals surface area contributed by atoms with Crippen LogP contribution in [0.15, 0.2) is 64.9 Å². The Balaban J connectivity index is 1.90. The van der Waals surface area contributed by atoms with Crippen LogP contribution in [0.4, 0.5) is 5.69 Å². The zero-order chi connectivity index (χ0) is 17.8. The van der Waals surface area contributed by atoms with Gasteiger partial charge in [0.1, 0.15) is 5.75 Å². The summed E-state index contributed by atoms with van der Waals surface area (Å²) in [5.74, 6) is 0.252. The highest BCUT2D eigenvalue weighted by atomic mass is 35.5. The quantitative estimate of drug-likeness (QED) is 0.716. The third kappa shape index (κ3) is 3.97. The van der Waals surface area contributed by atoms with Gasteiger partial charge in [-0.1, -0.05) is 23.7 Å². The van der Waals surface area contributed by atoms with Crippen molar-refractivity contribution in [1.82, 2.24) is 9.55 Å². The second-order valence-corrected chi connectivity index (χ2v) is 6.66. The van der Waals surface area contributed by atoms with E-state index in [-0.39, 0.29) is 5.91 Å². The second-order valence-electron chi connectivity index (χ2n) is 5.22. The maximum Gasteiger partial charge on any atom is 0.259 e. The van der Waals surface area contributed by atoms with Gasteiger partial charge in [0.05, 0.1) is 18.4 Å². The fraction of sp³-hybridized carbons (Fsp3) is 0.111. The number of benzene rings is 2. The average Bonchev–Trinajstić information content (AvgIpc) is 3.02. The number of halogens is 1. The van der Waals surface area contributed by atoms with Crippen molar-refractivity contribution in [2.75, 3.05) is 12.4 Å². The van der Waals surface area contributed by atoms with Crippen LogP contribution in [0.3, 0.4) is 0 Å². The Kier molecular flexibility index (Phi) is 5.31. The van der Waals surface area contributed by atoms with E-state index in [9.17, 15) is 4.79 Å². The molecule has 7 heteroatoms. The second kappa shape index (κ2) is 7.63. The van der Waals surface area contributed by atoms with E-state index in [0.29, 0.717) is 22.0 Å². The van der Waals surface area contributed by atoms with E-state index in [1.54, 1.807) is 36.5 Å². The Hall–Kier alpha value is -2.44. The Morgan fingerprint density at radius 2 is 2.08 bits per heavy atom. The van der Waals surface area contributed by atoms with Crippen LogP contribution >= 0.6 is 23.4 Å². The first-order valence-corrected chi connectivity index (χ1v) is 8.67. The lowest BCUT2D eigenvalue weighted by atomic mass is 10.2. The summed E-state index contributed by atoms with van der Waals surface area (Å²) in [7, 11) is 3.45. The third-order valence-corrected chi connectivity index (χ3v) is 4.91. The number of para-hydroxylation sites is 1. The van der Waals surface area contributed by atoms with Crippen LogP contribution in [0.1, 0.15) is 10.4 Å². The number of hydrogen-bond donors (Lipinski definition) is 1. The maximum atomic E-state index is 12.7. The van der Waals surface area contributed by atoms with E-state index in [0.717, 1.165) is 10.1 Å². The topological polar surface area (TPSA) is 56.1 Å². The summed E-state index contributed by atoms with van der Waals surface area (Å²) in [4.78, 5) is 17.8. The summed E-state index contributed by atoms with van der Waals surface area (Å²) >= 11 is 7.56. The molecule has 0 fully saturated rings. The number of amides is 1. The van der Waals surface area contributed by atoms with Crippen molar-refractivity contribution < 1.29 is 9.53 Å². The van der Waals surface area contributed by atoms with Gasteiger partial charge in [0, 0.05) is 29.4 Å². The van der Waals surface area contributed by atoms with Gasteiger partial charge in [-0.05, 0) is 42.1 Å². The minimum atomic E-state index is -0.263. The molecule has 0 aliphatic rings. The number of aryl methyl sites for hydroxylation is 1. The van der Waals surface area contributed by atoms with Crippen molar-refractivity contribution in [2.24, 2.45) is 7.05 Å². The van der Waals surface area contributed by atoms with Crippen molar-refractivity contribution in [2.45, 2.75) is 10.1 Å². The molecule has 0 bridgehead atoms. The molecule has 0 aliphatic heterocycles. The summed E-state index contributed by atoms with van der Waals surface area (Å²) in [5.41, 5.74) is 1.08. The molecule has 128 valence electrons. The highest BCUT2D eigenvalue weighted by Crippen LogP contribution is 2.34. The Labute approximate surface area is 155 Å². The molecule has 0 radical (unpaired) electrons. The number of aromatic nitrogens is 2. The number of anilines is 1. The van der Waals surface area contributed by atoms with E-state index in [4.69, 9.17) is 16.3 Å². The molecule has 1 amide bonds. The minimum absolute atomic E-state index is 0.263. The highest BCUT2D eigenvalue weighted by Gasteiger charge is 2.15. The number of carbonyl (C=O) groups is 1. The zero-order valence-electron chi connectivity index (χ0n) is 13.7. The lowest BCUT2D eigenvalue weighted by Crippen LogP contribution is -2.13. The van der Waals surface area contributed by atoms with Crippen LogP contribution in [-0.4, -0.2) is 22.6 Å². The molecule has 0 aliphatic carbocycles. The molecule has 5 nitrogen and oxygen atoms in total. The van der Waals surface area contributed by atoms with Gasteiger partial charge in [-0.2, -0.15) is 0 Å².